The number of aromatic nitrogens is 1. The topological polar surface area (TPSA) is 82.8 Å². The standard InChI is InChI=1S/C25H29NO4/c1-2-19(10-11-27)21-8-9-25(26-14-21)20-4-3-5-24(13-20)30-17-18-6-7-22(15-28)23(12-18)16-29/h3-9,12-14,19,27-29H,2,10-11,15-17H2,1H3. The first-order chi connectivity index (χ1) is 14.7. The fourth-order valence-corrected chi connectivity index (χ4v) is 3.56. The Morgan fingerprint density at radius 2 is 1.77 bits per heavy atom. The van der Waals surface area contributed by atoms with Crippen LogP contribution < -0.4 is 4.74 Å². The molecule has 0 radical (unpaired) electrons. The fraction of sp³-hybridized carbons (Fsp3) is 0.320. The third kappa shape index (κ3) is 5.45. The summed E-state index contributed by atoms with van der Waals surface area (Å²) in [6.07, 6.45) is 3.62. The summed E-state index contributed by atoms with van der Waals surface area (Å²) in [6.45, 7) is 2.47. The van der Waals surface area contributed by atoms with Crippen molar-refractivity contribution >= 4 is 0 Å². The lowest BCUT2D eigenvalue weighted by Crippen LogP contribution is -2.01. The molecule has 158 valence electrons. The van der Waals surface area contributed by atoms with Gasteiger partial charge in [-0.25, -0.2) is 0 Å². The van der Waals surface area contributed by atoms with Gasteiger partial charge in [0.15, 0.2) is 0 Å². The Morgan fingerprint density at radius 1 is 0.933 bits per heavy atom. The number of ether oxygens (including phenoxy) is 1. The summed E-state index contributed by atoms with van der Waals surface area (Å²) in [7, 11) is 0. The van der Waals surface area contributed by atoms with Crippen molar-refractivity contribution in [2.45, 2.75) is 45.5 Å². The maximum absolute atomic E-state index is 9.45. The highest BCUT2D eigenvalue weighted by atomic mass is 16.5. The minimum atomic E-state index is -0.113. The maximum atomic E-state index is 9.45. The monoisotopic (exact) mass is 407 g/mol. The number of hydrogen-bond acceptors (Lipinski definition) is 5. The van der Waals surface area contributed by atoms with Crippen LogP contribution in [-0.4, -0.2) is 26.9 Å². The van der Waals surface area contributed by atoms with E-state index in [0.29, 0.717) is 18.1 Å². The molecule has 1 atom stereocenters. The third-order valence-corrected chi connectivity index (χ3v) is 5.37. The number of aliphatic hydroxyl groups excluding tert-OH is 3. The highest BCUT2D eigenvalue weighted by Gasteiger charge is 2.10. The van der Waals surface area contributed by atoms with E-state index in [1.54, 1.807) is 0 Å². The molecular weight excluding hydrogens is 378 g/mol. The van der Waals surface area contributed by atoms with Crippen molar-refractivity contribution in [1.29, 1.82) is 0 Å². The Labute approximate surface area is 177 Å². The number of rotatable bonds is 10. The Hall–Kier alpha value is -2.73. The van der Waals surface area contributed by atoms with Gasteiger partial charge < -0.3 is 20.1 Å². The molecule has 0 saturated heterocycles. The molecule has 0 aliphatic heterocycles. The van der Waals surface area contributed by atoms with Gasteiger partial charge in [-0.2, -0.15) is 0 Å². The molecule has 2 aromatic carbocycles. The lowest BCUT2D eigenvalue weighted by Gasteiger charge is -2.14. The van der Waals surface area contributed by atoms with Gasteiger partial charge in [-0.05, 0) is 65.3 Å². The molecule has 30 heavy (non-hydrogen) atoms. The molecule has 5 nitrogen and oxygen atoms in total. The van der Waals surface area contributed by atoms with Crippen molar-refractivity contribution in [3.63, 3.8) is 0 Å². The van der Waals surface area contributed by atoms with Gasteiger partial charge in [0, 0.05) is 18.4 Å². The SMILES string of the molecule is CCC(CCO)c1ccc(-c2cccc(OCc3ccc(CO)c(CO)c3)c2)nc1. The van der Waals surface area contributed by atoms with E-state index in [-0.39, 0.29) is 19.8 Å². The van der Waals surface area contributed by atoms with Gasteiger partial charge in [0.2, 0.25) is 0 Å². The Morgan fingerprint density at radius 3 is 2.43 bits per heavy atom. The van der Waals surface area contributed by atoms with Gasteiger partial charge in [0.25, 0.3) is 0 Å². The quantitative estimate of drug-likeness (QED) is 0.469. The number of benzene rings is 2. The molecule has 0 spiro atoms. The zero-order valence-electron chi connectivity index (χ0n) is 17.3. The van der Waals surface area contributed by atoms with Crippen LogP contribution in [0.3, 0.4) is 0 Å². The highest BCUT2D eigenvalue weighted by molar-refractivity contribution is 5.61. The molecule has 3 aromatic rings. The lowest BCUT2D eigenvalue weighted by molar-refractivity contribution is 0.259. The van der Waals surface area contributed by atoms with Crippen LogP contribution in [0.15, 0.2) is 60.8 Å². The molecule has 0 bridgehead atoms. The summed E-state index contributed by atoms with van der Waals surface area (Å²) in [5.74, 6) is 1.06. The smallest absolute Gasteiger partial charge is 0.120 e. The summed E-state index contributed by atoms with van der Waals surface area (Å²) in [5, 5.41) is 28.0. The van der Waals surface area contributed by atoms with Gasteiger partial charge >= 0.3 is 0 Å². The first-order valence-electron chi connectivity index (χ1n) is 10.3. The minimum absolute atomic E-state index is 0.0934. The number of pyridine rings is 1. The second kappa shape index (κ2) is 10.9. The van der Waals surface area contributed by atoms with Gasteiger partial charge in [0.1, 0.15) is 12.4 Å². The molecule has 3 rings (SSSR count). The minimum Gasteiger partial charge on any atom is -0.489 e. The highest BCUT2D eigenvalue weighted by Crippen LogP contribution is 2.27. The van der Waals surface area contributed by atoms with Crippen molar-refractivity contribution in [3.05, 3.63) is 83.0 Å². The molecule has 1 unspecified atom stereocenters. The number of aliphatic hydroxyl groups is 3. The molecular formula is C25H29NO4. The predicted molar refractivity (Wildman–Crippen MR) is 117 cm³/mol. The van der Waals surface area contributed by atoms with Gasteiger partial charge in [-0.1, -0.05) is 37.3 Å². The van der Waals surface area contributed by atoms with Crippen LogP contribution in [0.1, 0.15) is 47.9 Å². The van der Waals surface area contributed by atoms with Crippen LogP contribution in [0.5, 0.6) is 5.75 Å². The molecule has 0 amide bonds. The van der Waals surface area contributed by atoms with Crippen molar-refractivity contribution in [2.24, 2.45) is 0 Å². The van der Waals surface area contributed by atoms with Crippen LogP contribution in [0.2, 0.25) is 0 Å². The molecule has 0 saturated carbocycles. The zero-order valence-corrected chi connectivity index (χ0v) is 17.3. The number of nitrogens with zero attached hydrogens (tertiary/aromatic N) is 1. The molecule has 1 aromatic heterocycles. The van der Waals surface area contributed by atoms with Crippen LogP contribution in [0, 0.1) is 0 Å². The van der Waals surface area contributed by atoms with E-state index in [1.165, 1.54) is 0 Å². The lowest BCUT2D eigenvalue weighted by atomic mass is 9.94. The summed E-state index contributed by atoms with van der Waals surface area (Å²) in [6, 6.07) is 17.5. The summed E-state index contributed by atoms with van der Waals surface area (Å²) >= 11 is 0. The third-order valence-electron chi connectivity index (χ3n) is 5.37. The van der Waals surface area contributed by atoms with E-state index in [0.717, 1.165) is 46.5 Å². The van der Waals surface area contributed by atoms with Gasteiger partial charge in [-0.15, -0.1) is 0 Å². The summed E-state index contributed by atoms with van der Waals surface area (Å²) in [4.78, 5) is 4.61. The first kappa shape index (κ1) is 22.0. The van der Waals surface area contributed by atoms with Gasteiger partial charge in [0.05, 0.1) is 18.9 Å². The van der Waals surface area contributed by atoms with E-state index in [2.05, 4.69) is 18.0 Å². The van der Waals surface area contributed by atoms with E-state index in [1.807, 2.05) is 54.7 Å². The molecule has 0 aliphatic rings. The molecule has 0 aliphatic carbocycles. The van der Waals surface area contributed by atoms with E-state index in [4.69, 9.17) is 4.74 Å². The molecule has 0 fully saturated rings. The van der Waals surface area contributed by atoms with Crippen LogP contribution >= 0.6 is 0 Å². The molecule has 1 heterocycles. The number of hydrogen-bond donors (Lipinski definition) is 3. The van der Waals surface area contributed by atoms with Crippen LogP contribution in [-0.2, 0) is 19.8 Å². The largest absolute Gasteiger partial charge is 0.489 e. The Bertz CT molecular complexity index is 940. The normalized spacial score (nSPS) is 12.0. The second-order valence-electron chi connectivity index (χ2n) is 7.33. The van der Waals surface area contributed by atoms with Gasteiger partial charge in [-0.3, -0.25) is 4.98 Å². The Balaban J connectivity index is 1.70. The van der Waals surface area contributed by atoms with Crippen molar-refractivity contribution < 1.29 is 20.1 Å². The van der Waals surface area contributed by atoms with Crippen LogP contribution in [0.4, 0.5) is 0 Å². The second-order valence-corrected chi connectivity index (χ2v) is 7.33. The van der Waals surface area contributed by atoms with Crippen molar-refractivity contribution in [3.8, 4) is 17.0 Å². The molecule has 3 N–H and O–H groups in total. The average molecular weight is 408 g/mol. The Kier molecular flexibility index (Phi) is 7.97. The average Bonchev–Trinajstić information content (AvgIpc) is 2.81. The van der Waals surface area contributed by atoms with E-state index < -0.39 is 0 Å². The zero-order chi connectivity index (χ0) is 21.3. The molecule has 5 heteroatoms. The van der Waals surface area contributed by atoms with Crippen molar-refractivity contribution in [1.82, 2.24) is 4.98 Å². The fourth-order valence-electron chi connectivity index (χ4n) is 3.56. The first-order valence-corrected chi connectivity index (χ1v) is 10.3. The summed E-state index contributed by atoms with van der Waals surface area (Å²) in [5.41, 5.74) is 5.36. The summed E-state index contributed by atoms with van der Waals surface area (Å²) < 4.78 is 5.94. The van der Waals surface area contributed by atoms with Crippen molar-refractivity contribution in [2.75, 3.05) is 6.61 Å². The van der Waals surface area contributed by atoms with E-state index >= 15 is 0 Å². The predicted octanol–water partition coefficient (Wildman–Crippen LogP) is 4.19. The maximum Gasteiger partial charge on any atom is 0.120 e. The van der Waals surface area contributed by atoms with E-state index in [9.17, 15) is 15.3 Å². The van der Waals surface area contributed by atoms with Crippen LogP contribution in [0.25, 0.3) is 11.3 Å².